The van der Waals surface area contributed by atoms with E-state index in [4.69, 9.17) is 0 Å². The Morgan fingerprint density at radius 2 is 1.81 bits per heavy atom. The van der Waals surface area contributed by atoms with E-state index >= 15 is 0 Å². The summed E-state index contributed by atoms with van der Waals surface area (Å²) in [4.78, 5) is 6.13. The molecule has 1 aliphatic heterocycles. The summed E-state index contributed by atoms with van der Waals surface area (Å²) in [6.07, 6.45) is 3.63. The second kappa shape index (κ2) is 9.10. The third-order valence-corrected chi connectivity index (χ3v) is 9.02. The van der Waals surface area contributed by atoms with Crippen molar-refractivity contribution in [3.05, 3.63) is 65.4 Å². The molecule has 1 fully saturated rings. The van der Waals surface area contributed by atoms with Crippen molar-refractivity contribution in [1.29, 1.82) is 0 Å². The van der Waals surface area contributed by atoms with Gasteiger partial charge in [0.25, 0.3) is 0 Å². The second-order valence-electron chi connectivity index (χ2n) is 8.34. The fourth-order valence-corrected chi connectivity index (χ4v) is 6.73. The number of nitrogens with zero attached hydrogens (tertiary/aromatic N) is 2. The highest BCUT2D eigenvalue weighted by atomic mass is 32.2. The lowest BCUT2D eigenvalue weighted by molar-refractivity contribution is 0.282. The summed E-state index contributed by atoms with van der Waals surface area (Å²) in [6.45, 7) is 7.85. The minimum Gasteiger partial charge on any atom is -0.361 e. The number of aryl methyl sites for hydroxylation is 3. The Morgan fingerprint density at radius 1 is 1.06 bits per heavy atom. The monoisotopic (exact) mass is 455 g/mol. The average molecular weight is 456 g/mol. The minimum absolute atomic E-state index is 0.440. The van der Waals surface area contributed by atoms with Crippen molar-refractivity contribution in [2.24, 2.45) is 5.92 Å². The molecule has 0 amide bonds. The summed E-state index contributed by atoms with van der Waals surface area (Å²) in [5.74, 6) is 0.441. The zero-order valence-corrected chi connectivity index (χ0v) is 19.9. The first-order valence-electron chi connectivity index (χ1n) is 10.7. The minimum atomic E-state index is -3.43. The van der Waals surface area contributed by atoms with Crippen LogP contribution >= 0.6 is 11.3 Å². The van der Waals surface area contributed by atoms with Gasteiger partial charge in [0.15, 0.2) is 5.13 Å². The van der Waals surface area contributed by atoms with E-state index in [2.05, 4.69) is 35.4 Å². The predicted molar refractivity (Wildman–Crippen MR) is 128 cm³/mol. The molecule has 7 heteroatoms. The number of aromatic nitrogens is 1. The Morgan fingerprint density at radius 3 is 2.55 bits per heavy atom. The van der Waals surface area contributed by atoms with Gasteiger partial charge in [0.05, 0.1) is 9.77 Å². The first kappa shape index (κ1) is 22.0. The topological polar surface area (TPSA) is 62.3 Å². The molecular weight excluding hydrogens is 426 g/mol. The Labute approximate surface area is 189 Å². The highest BCUT2D eigenvalue weighted by molar-refractivity contribution is 7.89. The molecule has 0 radical (unpaired) electrons. The Bertz CT molecular complexity index is 1160. The first-order valence-corrected chi connectivity index (χ1v) is 12.9. The standard InChI is InChI=1S/C24H29N3O2S2/c1-17-8-9-19(3)23(14-17)31(28,29)27-12-10-20(11-13-27)15-25-24-26-16-22(30-24)21-7-5-4-6-18(21)2/h4-9,14,16,20H,10-13,15H2,1-3H3,(H,25,26). The molecule has 0 aliphatic carbocycles. The van der Waals surface area contributed by atoms with Crippen LogP contribution in [0.15, 0.2) is 53.6 Å². The van der Waals surface area contributed by atoms with Gasteiger partial charge in [-0.25, -0.2) is 13.4 Å². The summed E-state index contributed by atoms with van der Waals surface area (Å²) in [6, 6.07) is 14.0. The summed E-state index contributed by atoms with van der Waals surface area (Å²) < 4.78 is 27.9. The Hall–Kier alpha value is -2.22. The summed E-state index contributed by atoms with van der Waals surface area (Å²) in [5.41, 5.74) is 4.24. The third-order valence-electron chi connectivity index (χ3n) is 5.99. The first-order chi connectivity index (χ1) is 14.8. The van der Waals surface area contributed by atoms with Gasteiger partial charge in [-0.2, -0.15) is 4.31 Å². The van der Waals surface area contributed by atoms with E-state index in [1.807, 2.05) is 38.2 Å². The van der Waals surface area contributed by atoms with Crippen molar-refractivity contribution in [2.75, 3.05) is 25.0 Å². The largest absolute Gasteiger partial charge is 0.361 e. The van der Waals surface area contributed by atoms with Gasteiger partial charge >= 0.3 is 0 Å². The van der Waals surface area contributed by atoms with E-state index < -0.39 is 10.0 Å². The molecule has 4 rings (SSSR count). The molecule has 0 bridgehead atoms. The molecule has 0 spiro atoms. The molecule has 3 aromatic rings. The average Bonchev–Trinajstić information content (AvgIpc) is 3.23. The van der Waals surface area contributed by atoms with E-state index in [0.717, 1.165) is 40.5 Å². The Balaban J connectivity index is 1.34. The van der Waals surface area contributed by atoms with Crippen molar-refractivity contribution < 1.29 is 8.42 Å². The SMILES string of the molecule is Cc1ccc(C)c(S(=O)(=O)N2CCC(CNc3ncc(-c4ccccc4C)s3)CC2)c1. The number of piperidine rings is 1. The van der Waals surface area contributed by atoms with Crippen LogP contribution in [0.4, 0.5) is 5.13 Å². The second-order valence-corrected chi connectivity index (χ2v) is 11.3. The molecule has 1 saturated heterocycles. The maximum Gasteiger partial charge on any atom is 0.243 e. The molecule has 31 heavy (non-hydrogen) atoms. The molecule has 0 unspecified atom stereocenters. The molecule has 2 aromatic carbocycles. The van der Waals surface area contributed by atoms with Gasteiger partial charge < -0.3 is 5.32 Å². The van der Waals surface area contributed by atoms with Gasteiger partial charge in [-0.15, -0.1) is 0 Å². The van der Waals surface area contributed by atoms with Gasteiger partial charge in [0.1, 0.15) is 0 Å². The third kappa shape index (κ3) is 4.84. The van der Waals surface area contributed by atoms with Crippen LogP contribution in [0.2, 0.25) is 0 Å². The van der Waals surface area contributed by atoms with E-state index in [9.17, 15) is 8.42 Å². The van der Waals surface area contributed by atoms with E-state index in [0.29, 0.717) is 23.9 Å². The van der Waals surface area contributed by atoms with E-state index in [-0.39, 0.29) is 0 Å². The lowest BCUT2D eigenvalue weighted by Gasteiger charge is -2.31. The summed E-state index contributed by atoms with van der Waals surface area (Å²) >= 11 is 1.67. The van der Waals surface area contributed by atoms with Crippen LogP contribution in [-0.2, 0) is 10.0 Å². The number of nitrogens with one attached hydrogen (secondary N) is 1. The normalized spacial score (nSPS) is 15.8. The van der Waals surface area contributed by atoms with Crippen LogP contribution in [0.5, 0.6) is 0 Å². The van der Waals surface area contributed by atoms with Gasteiger partial charge in [-0.1, -0.05) is 47.7 Å². The van der Waals surface area contributed by atoms with Gasteiger partial charge in [-0.05, 0) is 67.9 Å². The van der Waals surface area contributed by atoms with Crippen LogP contribution in [0.1, 0.15) is 29.5 Å². The zero-order chi connectivity index (χ0) is 22.0. The van der Waals surface area contributed by atoms with Crippen molar-refractivity contribution in [3.63, 3.8) is 0 Å². The fraction of sp³-hybridized carbons (Fsp3) is 0.375. The van der Waals surface area contributed by atoms with Crippen LogP contribution in [-0.4, -0.2) is 37.3 Å². The molecule has 1 aromatic heterocycles. The van der Waals surface area contributed by atoms with E-state index in [1.165, 1.54) is 11.1 Å². The quantitative estimate of drug-likeness (QED) is 0.552. The smallest absolute Gasteiger partial charge is 0.243 e. The number of benzene rings is 2. The molecule has 2 heterocycles. The number of thiazole rings is 1. The number of rotatable bonds is 6. The van der Waals surface area contributed by atoms with Crippen molar-refractivity contribution in [1.82, 2.24) is 9.29 Å². The summed E-state index contributed by atoms with van der Waals surface area (Å²) in [7, 11) is -3.43. The van der Waals surface area contributed by atoms with Gasteiger partial charge in [0, 0.05) is 25.8 Å². The number of anilines is 1. The Kier molecular flexibility index (Phi) is 6.46. The molecule has 1 aliphatic rings. The zero-order valence-electron chi connectivity index (χ0n) is 18.3. The predicted octanol–water partition coefficient (Wildman–Crippen LogP) is 5.25. The molecule has 0 saturated carbocycles. The van der Waals surface area contributed by atoms with E-state index in [1.54, 1.807) is 21.7 Å². The molecule has 1 N–H and O–H groups in total. The molecule has 5 nitrogen and oxygen atoms in total. The number of hydrogen-bond acceptors (Lipinski definition) is 5. The van der Waals surface area contributed by atoms with Crippen LogP contribution < -0.4 is 5.32 Å². The van der Waals surface area contributed by atoms with Crippen molar-refractivity contribution in [2.45, 2.75) is 38.5 Å². The lowest BCUT2D eigenvalue weighted by Crippen LogP contribution is -2.40. The fourth-order valence-electron chi connectivity index (χ4n) is 4.04. The molecule has 0 atom stereocenters. The van der Waals surface area contributed by atoms with Crippen LogP contribution in [0.3, 0.4) is 0 Å². The molecular formula is C24H29N3O2S2. The van der Waals surface area contributed by atoms with Crippen molar-refractivity contribution >= 4 is 26.5 Å². The van der Waals surface area contributed by atoms with Gasteiger partial charge in [0.2, 0.25) is 10.0 Å². The van der Waals surface area contributed by atoms with Crippen molar-refractivity contribution in [3.8, 4) is 10.4 Å². The number of hydrogen-bond donors (Lipinski definition) is 1. The number of sulfonamides is 1. The van der Waals surface area contributed by atoms with Gasteiger partial charge in [-0.3, -0.25) is 0 Å². The maximum absolute atomic E-state index is 13.1. The van der Waals surface area contributed by atoms with Crippen LogP contribution in [0.25, 0.3) is 10.4 Å². The maximum atomic E-state index is 13.1. The van der Waals surface area contributed by atoms with Crippen LogP contribution in [0, 0.1) is 26.7 Å². The highest BCUT2D eigenvalue weighted by Gasteiger charge is 2.30. The lowest BCUT2D eigenvalue weighted by atomic mass is 9.98. The summed E-state index contributed by atoms with van der Waals surface area (Å²) in [5, 5.41) is 4.39. The highest BCUT2D eigenvalue weighted by Crippen LogP contribution is 2.32. The molecule has 164 valence electrons.